The number of carbonyl (C=O) groups excluding carboxylic acids is 2. The van der Waals surface area contributed by atoms with Crippen LogP contribution in [-0.2, 0) is 19.2 Å². The number of allylic oxidation sites excluding steroid dienone is 6. The fourth-order valence-electron chi connectivity index (χ4n) is 5.29. The lowest BCUT2D eigenvalue weighted by Crippen LogP contribution is -2.49. The molecular weight excluding hydrogens is 536 g/mol. The first-order valence-corrected chi connectivity index (χ1v) is 13.6. The van der Waals surface area contributed by atoms with Crippen molar-refractivity contribution in [3.05, 3.63) is 69.9 Å². The van der Waals surface area contributed by atoms with Gasteiger partial charge in [-0.15, -0.1) is 12.3 Å². The highest BCUT2D eigenvalue weighted by atomic mass is 16.4. The number of Topliss-reactive ketones (excluding diaryl/α,β-unsaturated/α-hetero) is 2. The van der Waals surface area contributed by atoms with Gasteiger partial charge in [0.05, 0.1) is 0 Å². The van der Waals surface area contributed by atoms with E-state index in [-0.39, 0.29) is 30.8 Å². The van der Waals surface area contributed by atoms with Crippen LogP contribution in [0.4, 0.5) is 0 Å². The largest absolute Gasteiger partial charge is 0.478 e. The van der Waals surface area contributed by atoms with Gasteiger partial charge in [0.1, 0.15) is 11.2 Å². The van der Waals surface area contributed by atoms with Crippen molar-refractivity contribution < 1.29 is 39.6 Å². The zero-order valence-corrected chi connectivity index (χ0v) is 26.1. The third kappa shape index (κ3) is 7.93. The van der Waals surface area contributed by atoms with Gasteiger partial charge in [-0.2, -0.15) is 0 Å². The number of carbonyl (C=O) groups is 4. The highest BCUT2D eigenvalue weighted by Crippen LogP contribution is 2.47. The van der Waals surface area contributed by atoms with Crippen molar-refractivity contribution in [3.63, 3.8) is 0 Å². The third-order valence-corrected chi connectivity index (χ3v) is 8.34. The fourth-order valence-corrected chi connectivity index (χ4v) is 5.29. The first kappa shape index (κ1) is 36.2. The highest BCUT2D eigenvalue weighted by Gasteiger charge is 2.50. The number of ketones is 2. The quantitative estimate of drug-likeness (QED) is 0.180. The van der Waals surface area contributed by atoms with Crippen LogP contribution < -0.4 is 0 Å². The maximum Gasteiger partial charge on any atom is 0.328 e. The zero-order valence-electron chi connectivity index (χ0n) is 26.1. The predicted octanol–water partition coefficient (Wildman–Crippen LogP) is 5.28. The van der Waals surface area contributed by atoms with Crippen molar-refractivity contribution in [1.29, 1.82) is 0 Å². The van der Waals surface area contributed by atoms with Crippen LogP contribution in [-0.4, -0.2) is 55.1 Å². The molecule has 0 unspecified atom stereocenters. The molecule has 0 saturated carbocycles. The van der Waals surface area contributed by atoms with E-state index in [9.17, 15) is 29.4 Å². The van der Waals surface area contributed by atoms with E-state index in [0.717, 1.165) is 12.2 Å². The van der Waals surface area contributed by atoms with Crippen molar-refractivity contribution in [2.75, 3.05) is 0 Å². The number of hydrogen-bond donors (Lipinski definition) is 4. The Kier molecular flexibility index (Phi) is 11.6. The summed E-state index contributed by atoms with van der Waals surface area (Å²) in [4.78, 5) is 45.4. The summed E-state index contributed by atoms with van der Waals surface area (Å²) >= 11 is 0. The predicted molar refractivity (Wildman–Crippen MR) is 162 cm³/mol. The van der Waals surface area contributed by atoms with Crippen molar-refractivity contribution >= 4 is 23.5 Å². The summed E-state index contributed by atoms with van der Waals surface area (Å²) in [7, 11) is 0. The average molecular weight is 581 g/mol. The van der Waals surface area contributed by atoms with Gasteiger partial charge in [0.25, 0.3) is 0 Å². The minimum absolute atomic E-state index is 0.0448. The van der Waals surface area contributed by atoms with Gasteiger partial charge in [0.2, 0.25) is 0 Å². The number of terminal acetylenes is 1. The van der Waals surface area contributed by atoms with Crippen molar-refractivity contribution in [2.24, 2.45) is 10.8 Å². The number of aliphatic carboxylic acids is 2. The minimum atomic E-state index is -1.35. The van der Waals surface area contributed by atoms with E-state index in [2.05, 4.69) is 5.92 Å². The molecule has 0 amide bonds. The Balaban J connectivity index is 0.000000422. The molecule has 0 bridgehead atoms. The van der Waals surface area contributed by atoms with Crippen LogP contribution in [0.5, 0.6) is 0 Å². The van der Waals surface area contributed by atoms with E-state index in [1.54, 1.807) is 58.9 Å². The molecule has 0 fully saturated rings. The number of carboxylic acid groups (broad SMARTS) is 2. The average Bonchev–Trinajstić information content (AvgIpc) is 2.85. The molecule has 0 radical (unpaired) electrons. The van der Waals surface area contributed by atoms with Gasteiger partial charge in [0, 0.05) is 47.8 Å². The maximum absolute atomic E-state index is 12.2. The SMILES string of the molecule is C#CCC1=C(C)[C@](O)(/C=C/C(C)=C\C(=O)O)C(C)(C)CC1=O.CC1=C(C)[C@](O)(/C=C/C(C)=C\C(=O)O)C(C)(C)CC1=O. The van der Waals surface area contributed by atoms with E-state index in [1.165, 1.54) is 0 Å². The topological polar surface area (TPSA) is 149 Å². The van der Waals surface area contributed by atoms with Crippen molar-refractivity contribution in [1.82, 2.24) is 0 Å². The van der Waals surface area contributed by atoms with Crippen molar-refractivity contribution in [3.8, 4) is 12.3 Å². The molecule has 228 valence electrons. The van der Waals surface area contributed by atoms with E-state index in [1.807, 2.05) is 27.7 Å². The van der Waals surface area contributed by atoms with Gasteiger partial charge in [-0.1, -0.05) is 39.8 Å². The number of rotatable bonds is 7. The van der Waals surface area contributed by atoms with Crippen LogP contribution in [0.15, 0.2) is 69.9 Å². The molecular formula is C34H44O8. The lowest BCUT2D eigenvalue weighted by Gasteiger charge is -2.45. The summed E-state index contributed by atoms with van der Waals surface area (Å²) in [6, 6.07) is 0. The second-order valence-corrected chi connectivity index (χ2v) is 12.4. The van der Waals surface area contributed by atoms with Crippen LogP contribution in [0.3, 0.4) is 0 Å². The summed E-state index contributed by atoms with van der Waals surface area (Å²) in [6.45, 7) is 15.7. The Hall–Kier alpha value is -3.80. The molecule has 0 aromatic carbocycles. The van der Waals surface area contributed by atoms with E-state index in [0.29, 0.717) is 33.4 Å². The van der Waals surface area contributed by atoms with E-state index in [4.69, 9.17) is 16.6 Å². The summed E-state index contributed by atoms with van der Waals surface area (Å²) in [5.74, 6) is 0.375. The molecule has 0 spiro atoms. The Labute approximate surface area is 248 Å². The molecule has 42 heavy (non-hydrogen) atoms. The number of carboxylic acids is 2. The van der Waals surface area contributed by atoms with Gasteiger partial charge in [-0.05, 0) is 74.6 Å². The molecule has 2 rings (SSSR count). The number of aliphatic hydroxyl groups is 2. The summed E-state index contributed by atoms with van der Waals surface area (Å²) in [6.07, 6.45) is 14.4. The summed E-state index contributed by atoms with van der Waals surface area (Å²) in [5, 5.41) is 39.5. The first-order valence-electron chi connectivity index (χ1n) is 13.6. The second-order valence-electron chi connectivity index (χ2n) is 12.4. The molecule has 2 aliphatic rings. The summed E-state index contributed by atoms with van der Waals surface area (Å²) < 4.78 is 0. The standard InChI is InChI=1S/C18H22O4.C16H22O4/c1-6-7-14-13(3)18(22,17(4,5)11-15(14)19)9-8-12(2)10-16(20)21;1-10(8-14(18)19)6-7-16(20)12(3)11(2)13(17)9-15(16,4)5/h1,8-10,22H,7,11H2,2-5H3,(H,20,21);6-8,20H,9H2,1-5H3,(H,18,19)/b9-8+,12-10-;7-6+,10-8-/t18-;16-/m11/s1. The van der Waals surface area contributed by atoms with Gasteiger partial charge in [0.15, 0.2) is 11.6 Å². The van der Waals surface area contributed by atoms with E-state index >= 15 is 0 Å². The van der Waals surface area contributed by atoms with Crippen LogP contribution in [0, 0.1) is 23.2 Å². The van der Waals surface area contributed by atoms with Crippen LogP contribution in [0.2, 0.25) is 0 Å². The molecule has 8 nitrogen and oxygen atoms in total. The normalized spacial score (nSPS) is 26.3. The molecule has 0 aromatic rings. The molecule has 2 aliphatic carbocycles. The lowest BCUT2D eigenvalue weighted by molar-refractivity contribution is -0.132. The van der Waals surface area contributed by atoms with Crippen LogP contribution in [0.25, 0.3) is 0 Å². The Morgan fingerprint density at radius 3 is 1.55 bits per heavy atom. The van der Waals surface area contributed by atoms with Crippen LogP contribution >= 0.6 is 0 Å². The second kappa shape index (κ2) is 13.5. The molecule has 0 heterocycles. The monoisotopic (exact) mass is 580 g/mol. The Bertz CT molecular complexity index is 1370. The Morgan fingerprint density at radius 2 is 1.17 bits per heavy atom. The van der Waals surface area contributed by atoms with Gasteiger partial charge < -0.3 is 20.4 Å². The molecule has 0 aliphatic heterocycles. The van der Waals surface area contributed by atoms with E-state index < -0.39 is 34.0 Å². The van der Waals surface area contributed by atoms with Gasteiger partial charge in [-0.3, -0.25) is 9.59 Å². The maximum atomic E-state index is 12.2. The molecule has 8 heteroatoms. The highest BCUT2D eigenvalue weighted by molar-refractivity contribution is 5.99. The first-order chi connectivity index (χ1) is 19.1. The summed E-state index contributed by atoms with van der Waals surface area (Å²) in [5.41, 5.74) is -0.697. The van der Waals surface area contributed by atoms with Gasteiger partial charge >= 0.3 is 11.9 Å². The third-order valence-electron chi connectivity index (χ3n) is 8.34. The smallest absolute Gasteiger partial charge is 0.328 e. The number of hydrogen-bond acceptors (Lipinski definition) is 6. The lowest BCUT2D eigenvalue weighted by atomic mass is 9.62. The van der Waals surface area contributed by atoms with Gasteiger partial charge in [-0.25, -0.2) is 9.59 Å². The Morgan fingerprint density at radius 1 is 0.786 bits per heavy atom. The van der Waals surface area contributed by atoms with Crippen LogP contribution in [0.1, 0.15) is 81.6 Å². The fraction of sp³-hybridized carbons (Fsp3) is 0.471. The van der Waals surface area contributed by atoms with Crippen molar-refractivity contribution in [2.45, 2.75) is 92.8 Å². The molecule has 4 N–H and O–H groups in total. The zero-order chi connectivity index (χ0) is 32.8. The molecule has 2 atom stereocenters. The molecule has 0 saturated heterocycles. The minimum Gasteiger partial charge on any atom is -0.478 e. The molecule has 0 aromatic heterocycles.